The number of imidazole rings is 1. The van der Waals surface area contributed by atoms with Crippen LogP contribution in [-0.2, 0) is 19.5 Å². The summed E-state index contributed by atoms with van der Waals surface area (Å²) in [5, 5.41) is 18.5. The Bertz CT molecular complexity index is 1710. The number of pyridine rings is 1. The third kappa shape index (κ3) is 7.08. The van der Waals surface area contributed by atoms with Crippen LogP contribution in [-0.4, -0.2) is 26.3 Å². The van der Waals surface area contributed by atoms with Crippen molar-refractivity contribution in [3.05, 3.63) is 132 Å². The molecule has 0 aliphatic carbocycles. The molecule has 0 spiro atoms. The molecule has 2 aromatic heterocycles. The molecule has 1 amide bonds. The van der Waals surface area contributed by atoms with E-state index < -0.39 is 0 Å². The van der Waals surface area contributed by atoms with Gasteiger partial charge in [0.15, 0.2) is 5.84 Å². The number of nitrogens with one attached hydrogen (secondary N) is 2. The largest absolute Gasteiger partial charge is 0.345 e. The van der Waals surface area contributed by atoms with Crippen molar-refractivity contribution in [2.45, 2.75) is 39.3 Å². The maximum absolute atomic E-state index is 13.2. The van der Waals surface area contributed by atoms with Crippen molar-refractivity contribution in [1.82, 2.24) is 19.9 Å². The molecule has 3 aromatic carbocycles. The van der Waals surface area contributed by atoms with E-state index in [1.54, 1.807) is 12.4 Å². The molecular weight excluding hydrogens is 536 g/mol. The molecule has 0 radical (unpaired) electrons. The van der Waals surface area contributed by atoms with Gasteiger partial charge in [-0.25, -0.2) is 4.98 Å². The maximum atomic E-state index is 13.2. The number of nitrogens with zero attached hydrogens (tertiary/aromatic N) is 5. The van der Waals surface area contributed by atoms with E-state index in [1.807, 2.05) is 77.4 Å². The van der Waals surface area contributed by atoms with Crippen molar-refractivity contribution in [1.29, 1.82) is 5.41 Å². The molecule has 0 fully saturated rings. The standard InChI is InChI=1S/C34H34N8O/c1-2-3-12-32-38-22-31(34(43)39-21-28-11-7-8-19-37-28)42(32)23-24-13-15-26(16-14-24)30-20-27(25-9-5-4-6-10-25)17-18-29(30)33(35)40-41-36/h4-11,13-20,22H,2-3,12,21,23H2,1H3,(H,39,43)(H3,35,36,40). The Balaban J connectivity index is 1.43. The minimum Gasteiger partial charge on any atom is -0.345 e. The normalized spacial score (nSPS) is 11.1. The maximum Gasteiger partial charge on any atom is 0.269 e. The summed E-state index contributed by atoms with van der Waals surface area (Å²) in [7, 11) is 0. The van der Waals surface area contributed by atoms with Crippen molar-refractivity contribution in [2.24, 2.45) is 16.2 Å². The summed E-state index contributed by atoms with van der Waals surface area (Å²) in [6.45, 7) is 2.98. The van der Waals surface area contributed by atoms with Gasteiger partial charge < -0.3 is 15.7 Å². The van der Waals surface area contributed by atoms with Crippen molar-refractivity contribution >= 4 is 11.7 Å². The first-order valence-electron chi connectivity index (χ1n) is 14.3. The topological polar surface area (TPSA) is 134 Å². The highest BCUT2D eigenvalue weighted by atomic mass is 16.2. The molecule has 43 heavy (non-hydrogen) atoms. The highest BCUT2D eigenvalue weighted by molar-refractivity contribution is 6.03. The van der Waals surface area contributed by atoms with Gasteiger partial charge in [-0.3, -0.25) is 15.2 Å². The summed E-state index contributed by atoms with van der Waals surface area (Å²) in [4.78, 5) is 22.1. The first kappa shape index (κ1) is 29.1. The summed E-state index contributed by atoms with van der Waals surface area (Å²) < 4.78 is 2.00. The van der Waals surface area contributed by atoms with Gasteiger partial charge in [0.2, 0.25) is 0 Å². The minimum absolute atomic E-state index is 0.0125. The van der Waals surface area contributed by atoms with Crippen LogP contribution in [0.1, 0.15) is 52.9 Å². The lowest BCUT2D eigenvalue weighted by atomic mass is 9.93. The van der Waals surface area contributed by atoms with Gasteiger partial charge in [-0.05, 0) is 58.5 Å². The number of carbonyl (C=O) groups excluding carboxylic acids is 1. The number of carbonyl (C=O) groups is 1. The van der Waals surface area contributed by atoms with E-state index in [-0.39, 0.29) is 11.7 Å². The second kappa shape index (κ2) is 14.0. The van der Waals surface area contributed by atoms with Crippen molar-refractivity contribution in [3.63, 3.8) is 0 Å². The molecule has 5 rings (SSSR count). The van der Waals surface area contributed by atoms with Gasteiger partial charge in [-0.1, -0.05) is 85.3 Å². The average Bonchev–Trinajstić information content (AvgIpc) is 3.45. The molecule has 2 heterocycles. The summed E-state index contributed by atoms with van der Waals surface area (Å²) in [6, 6.07) is 29.8. The van der Waals surface area contributed by atoms with Crippen LogP contribution in [0.4, 0.5) is 0 Å². The van der Waals surface area contributed by atoms with Gasteiger partial charge in [0, 0.05) is 24.7 Å². The Morgan fingerprint density at radius 2 is 1.70 bits per heavy atom. The molecule has 0 bridgehead atoms. The highest BCUT2D eigenvalue weighted by Crippen LogP contribution is 2.31. The molecule has 0 saturated carbocycles. The quantitative estimate of drug-likeness (QED) is 0.0543. The molecule has 0 atom stereocenters. The van der Waals surface area contributed by atoms with Crippen LogP contribution in [0.2, 0.25) is 0 Å². The molecule has 0 saturated heterocycles. The number of hydrogen-bond acceptors (Lipinski definition) is 5. The van der Waals surface area contributed by atoms with Gasteiger partial charge in [0.1, 0.15) is 11.5 Å². The van der Waals surface area contributed by atoms with E-state index >= 15 is 0 Å². The zero-order chi connectivity index (χ0) is 30.0. The van der Waals surface area contributed by atoms with Gasteiger partial charge in [-0.2, -0.15) is 0 Å². The van der Waals surface area contributed by atoms with Crippen molar-refractivity contribution in [3.8, 4) is 22.3 Å². The second-order valence-electron chi connectivity index (χ2n) is 10.1. The van der Waals surface area contributed by atoms with Crippen LogP contribution in [0.25, 0.3) is 22.3 Å². The van der Waals surface area contributed by atoms with Crippen molar-refractivity contribution in [2.75, 3.05) is 0 Å². The van der Waals surface area contributed by atoms with Crippen LogP contribution < -0.4 is 11.2 Å². The van der Waals surface area contributed by atoms with Crippen LogP contribution in [0.5, 0.6) is 0 Å². The van der Waals surface area contributed by atoms with Gasteiger partial charge in [0.05, 0.1) is 18.4 Å². The lowest BCUT2D eigenvalue weighted by Crippen LogP contribution is -2.26. The van der Waals surface area contributed by atoms with Gasteiger partial charge in [0.25, 0.3) is 5.91 Å². The fraction of sp³-hybridized carbons (Fsp3) is 0.176. The summed E-state index contributed by atoms with van der Waals surface area (Å²) in [5.41, 5.74) is 6.85. The third-order valence-corrected chi connectivity index (χ3v) is 7.23. The number of benzene rings is 3. The number of aryl methyl sites for hydroxylation is 1. The molecule has 4 N–H and O–H groups in total. The molecule has 9 heteroatoms. The Morgan fingerprint density at radius 1 is 0.930 bits per heavy atom. The molecule has 0 aliphatic rings. The van der Waals surface area contributed by atoms with E-state index in [4.69, 9.17) is 11.3 Å². The first-order valence-corrected chi connectivity index (χ1v) is 14.3. The van der Waals surface area contributed by atoms with E-state index in [9.17, 15) is 4.79 Å². The monoisotopic (exact) mass is 570 g/mol. The summed E-state index contributed by atoms with van der Waals surface area (Å²) in [6.07, 6.45) is 6.18. The number of rotatable bonds is 11. The van der Waals surface area contributed by atoms with Crippen molar-refractivity contribution < 1.29 is 4.79 Å². The van der Waals surface area contributed by atoms with Crippen LogP contribution in [0.3, 0.4) is 0 Å². The fourth-order valence-electron chi connectivity index (χ4n) is 4.95. The number of aromatic nitrogens is 3. The van der Waals surface area contributed by atoms with E-state index in [2.05, 4.69) is 50.7 Å². The Hall–Kier alpha value is -5.44. The fourth-order valence-corrected chi connectivity index (χ4v) is 4.95. The first-order chi connectivity index (χ1) is 21.1. The average molecular weight is 571 g/mol. The lowest BCUT2D eigenvalue weighted by molar-refractivity contribution is 0.0941. The molecule has 0 aliphatic heterocycles. The Labute approximate surface area is 251 Å². The molecular formula is C34H34N8O. The van der Waals surface area contributed by atoms with Crippen LogP contribution in [0.15, 0.2) is 114 Å². The van der Waals surface area contributed by atoms with Crippen LogP contribution >= 0.6 is 0 Å². The number of hydrogen-bond donors (Lipinski definition) is 3. The van der Waals surface area contributed by atoms with E-state index in [0.717, 1.165) is 58.6 Å². The number of nitrogens with two attached hydrogens (primary N) is 1. The molecule has 5 aromatic rings. The zero-order valence-electron chi connectivity index (χ0n) is 24.1. The van der Waals surface area contributed by atoms with Gasteiger partial charge >= 0.3 is 0 Å². The zero-order valence-corrected chi connectivity index (χ0v) is 24.1. The predicted octanol–water partition coefficient (Wildman–Crippen LogP) is 6.58. The number of amides is 1. The predicted molar refractivity (Wildman–Crippen MR) is 169 cm³/mol. The third-order valence-electron chi connectivity index (χ3n) is 7.23. The second-order valence-corrected chi connectivity index (χ2v) is 10.1. The number of amidine groups is 1. The van der Waals surface area contributed by atoms with E-state index in [0.29, 0.717) is 24.3 Å². The Morgan fingerprint density at radius 3 is 2.42 bits per heavy atom. The van der Waals surface area contributed by atoms with Crippen LogP contribution in [0, 0.1) is 5.41 Å². The lowest BCUT2D eigenvalue weighted by Gasteiger charge is -2.14. The molecule has 9 nitrogen and oxygen atoms in total. The highest BCUT2D eigenvalue weighted by Gasteiger charge is 2.18. The SMILES string of the molecule is CCCCc1ncc(C(=O)NCc2ccccn2)n1Cc1ccc(-c2cc(-c3ccccc3)ccc2C(=N)/N=N\N)cc1. The smallest absolute Gasteiger partial charge is 0.269 e. The molecule has 0 unspecified atom stereocenters. The number of unbranched alkanes of at least 4 members (excludes halogenated alkanes) is 1. The molecule has 216 valence electrons. The summed E-state index contributed by atoms with van der Waals surface area (Å²) in [5.74, 6) is 5.95. The van der Waals surface area contributed by atoms with Gasteiger partial charge in [-0.15, -0.1) is 5.11 Å². The Kier molecular flexibility index (Phi) is 9.43. The van der Waals surface area contributed by atoms with E-state index in [1.165, 1.54) is 0 Å². The summed E-state index contributed by atoms with van der Waals surface area (Å²) >= 11 is 0. The minimum atomic E-state index is -0.188.